The van der Waals surface area contributed by atoms with Crippen LogP contribution in [0.2, 0.25) is 0 Å². The van der Waals surface area contributed by atoms with Gasteiger partial charge in [-0.25, -0.2) is 4.79 Å². The second-order valence-electron chi connectivity index (χ2n) is 17.7. The molecule has 2 unspecified atom stereocenters. The molecule has 0 amide bonds. The number of unbranched alkanes of at least 4 members (excludes halogenated alkanes) is 18. The molecule has 0 aliphatic heterocycles. The molecule has 0 fully saturated rings. The van der Waals surface area contributed by atoms with Crippen LogP contribution in [0.3, 0.4) is 0 Å². The van der Waals surface area contributed by atoms with Crippen LogP contribution >= 0.6 is 0 Å². The summed E-state index contributed by atoms with van der Waals surface area (Å²) in [4.78, 5) is 37.1. The van der Waals surface area contributed by atoms with Gasteiger partial charge in [-0.15, -0.1) is 0 Å². The van der Waals surface area contributed by atoms with Gasteiger partial charge in [-0.2, -0.15) is 0 Å². The second kappa shape index (κ2) is 44.4. The fraction of sp³-hybridized carbons (Fsp3) is 0.722. The van der Waals surface area contributed by atoms with E-state index in [1.807, 2.05) is 33.3 Å². The van der Waals surface area contributed by atoms with E-state index in [9.17, 15) is 19.5 Å². The molecule has 8 heteroatoms. The number of allylic oxidation sites excluding steroid dienone is 12. The highest BCUT2D eigenvalue weighted by Crippen LogP contribution is 2.14. The molecule has 0 aromatic carbocycles. The summed E-state index contributed by atoms with van der Waals surface area (Å²) in [6.07, 6.45) is 56.9. The number of carbonyl (C=O) groups excluding carboxylic acids is 2. The van der Waals surface area contributed by atoms with Gasteiger partial charge < -0.3 is 23.8 Å². The van der Waals surface area contributed by atoms with Gasteiger partial charge in [-0.1, -0.05) is 183 Å². The minimum absolute atomic E-state index is 0.0271. The van der Waals surface area contributed by atoms with Crippen molar-refractivity contribution >= 4 is 17.9 Å². The zero-order chi connectivity index (χ0) is 45.6. The maximum atomic E-state index is 12.7. The first-order valence-corrected chi connectivity index (χ1v) is 25.0. The number of esters is 2. The van der Waals surface area contributed by atoms with Crippen molar-refractivity contribution in [2.45, 2.75) is 212 Å². The third kappa shape index (κ3) is 42.1. The summed E-state index contributed by atoms with van der Waals surface area (Å²) < 4.78 is 17.2. The SMILES string of the molecule is CC/C=C/C/C=C/C/C=C/C/C=C/C/C=C/CCC(=O)OC(COCCC(C(=O)O)[N+](C)(C)C)COC(=O)CCCCCCCCC/C=C/CCCCCCCCCCCCC. The first kappa shape index (κ1) is 58.8. The van der Waals surface area contributed by atoms with Gasteiger partial charge >= 0.3 is 17.9 Å². The number of carboxylic acid groups (broad SMARTS) is 1. The molecule has 0 aromatic heterocycles. The number of carboxylic acids is 1. The smallest absolute Gasteiger partial charge is 0.362 e. The van der Waals surface area contributed by atoms with Crippen molar-refractivity contribution in [2.75, 3.05) is 41.0 Å². The number of rotatable bonds is 44. The predicted octanol–water partition coefficient (Wildman–Crippen LogP) is 14.3. The lowest BCUT2D eigenvalue weighted by molar-refractivity contribution is -0.887. The molecular formula is C54H94NO7+. The average Bonchev–Trinajstić information content (AvgIpc) is 3.23. The Balaban J connectivity index is 4.33. The molecule has 356 valence electrons. The Bertz CT molecular complexity index is 1240. The molecule has 0 aliphatic rings. The Kier molecular flexibility index (Phi) is 42.1. The van der Waals surface area contributed by atoms with Crippen LogP contribution in [0, 0.1) is 0 Å². The Morgan fingerprint density at radius 1 is 0.500 bits per heavy atom. The number of hydrogen-bond acceptors (Lipinski definition) is 6. The van der Waals surface area contributed by atoms with Crippen LogP contribution in [-0.4, -0.2) is 80.6 Å². The molecule has 62 heavy (non-hydrogen) atoms. The predicted molar refractivity (Wildman–Crippen MR) is 261 cm³/mol. The van der Waals surface area contributed by atoms with Gasteiger partial charge in [-0.3, -0.25) is 9.59 Å². The minimum atomic E-state index is -0.888. The lowest BCUT2D eigenvalue weighted by Gasteiger charge is -2.31. The van der Waals surface area contributed by atoms with E-state index in [1.165, 1.54) is 109 Å². The Morgan fingerprint density at radius 3 is 1.40 bits per heavy atom. The van der Waals surface area contributed by atoms with E-state index in [-0.39, 0.29) is 42.7 Å². The molecule has 0 aliphatic carbocycles. The molecule has 0 aromatic rings. The normalized spacial score (nSPS) is 13.5. The van der Waals surface area contributed by atoms with E-state index in [0.29, 0.717) is 19.3 Å². The molecule has 8 nitrogen and oxygen atoms in total. The summed E-state index contributed by atoms with van der Waals surface area (Å²) in [6, 6.07) is -0.631. The molecule has 0 bridgehead atoms. The number of carbonyl (C=O) groups is 3. The lowest BCUT2D eigenvalue weighted by Crippen LogP contribution is -2.50. The van der Waals surface area contributed by atoms with Crippen LogP contribution in [0.4, 0.5) is 0 Å². The number of ether oxygens (including phenoxy) is 3. The van der Waals surface area contributed by atoms with E-state index in [0.717, 1.165) is 51.4 Å². The van der Waals surface area contributed by atoms with E-state index < -0.39 is 18.1 Å². The first-order valence-electron chi connectivity index (χ1n) is 25.0. The summed E-state index contributed by atoms with van der Waals surface area (Å²) in [6.45, 7) is 4.55. The van der Waals surface area contributed by atoms with Crippen molar-refractivity contribution in [3.63, 3.8) is 0 Å². The third-order valence-electron chi connectivity index (χ3n) is 10.9. The van der Waals surface area contributed by atoms with Gasteiger partial charge in [0.05, 0.1) is 34.4 Å². The van der Waals surface area contributed by atoms with Crippen molar-refractivity contribution in [2.24, 2.45) is 0 Å². The largest absolute Gasteiger partial charge is 0.477 e. The highest BCUT2D eigenvalue weighted by Gasteiger charge is 2.31. The first-order chi connectivity index (χ1) is 30.1. The van der Waals surface area contributed by atoms with E-state index >= 15 is 0 Å². The van der Waals surface area contributed by atoms with E-state index in [1.54, 1.807) is 0 Å². The highest BCUT2D eigenvalue weighted by atomic mass is 16.6. The molecule has 0 spiro atoms. The Labute approximate surface area is 381 Å². The third-order valence-corrected chi connectivity index (χ3v) is 10.9. The Morgan fingerprint density at radius 2 is 0.935 bits per heavy atom. The van der Waals surface area contributed by atoms with Crippen molar-refractivity contribution in [3.8, 4) is 0 Å². The number of aliphatic carboxylic acids is 1. The molecular weight excluding hydrogens is 775 g/mol. The summed E-state index contributed by atoms with van der Waals surface area (Å²) >= 11 is 0. The maximum absolute atomic E-state index is 12.7. The fourth-order valence-corrected chi connectivity index (χ4v) is 7.02. The summed E-state index contributed by atoms with van der Waals surface area (Å²) in [5.74, 6) is -1.58. The van der Waals surface area contributed by atoms with Crippen LogP contribution in [0.5, 0.6) is 0 Å². The van der Waals surface area contributed by atoms with Gasteiger partial charge in [0.2, 0.25) is 0 Å². The molecule has 0 saturated carbocycles. The number of nitrogens with zero attached hydrogens (tertiary/aromatic N) is 1. The van der Waals surface area contributed by atoms with Crippen LogP contribution in [0.15, 0.2) is 72.9 Å². The minimum Gasteiger partial charge on any atom is -0.477 e. The van der Waals surface area contributed by atoms with Crippen molar-refractivity contribution < 1.29 is 38.2 Å². The summed E-state index contributed by atoms with van der Waals surface area (Å²) in [5, 5.41) is 9.64. The zero-order valence-electron chi connectivity index (χ0n) is 40.6. The highest BCUT2D eigenvalue weighted by molar-refractivity contribution is 5.72. The van der Waals surface area contributed by atoms with Gasteiger partial charge in [0.25, 0.3) is 0 Å². The van der Waals surface area contributed by atoms with E-state index in [2.05, 4.69) is 74.6 Å². The fourth-order valence-electron chi connectivity index (χ4n) is 7.02. The van der Waals surface area contributed by atoms with Crippen LogP contribution in [0.25, 0.3) is 0 Å². The van der Waals surface area contributed by atoms with E-state index in [4.69, 9.17) is 14.2 Å². The van der Waals surface area contributed by atoms with Crippen molar-refractivity contribution in [3.05, 3.63) is 72.9 Å². The van der Waals surface area contributed by atoms with Crippen LogP contribution in [-0.2, 0) is 28.6 Å². The molecule has 1 N–H and O–H groups in total. The zero-order valence-corrected chi connectivity index (χ0v) is 40.6. The molecule has 0 rings (SSSR count). The molecule has 0 saturated heterocycles. The topological polar surface area (TPSA) is 99.1 Å². The van der Waals surface area contributed by atoms with Gasteiger partial charge in [-0.05, 0) is 70.6 Å². The number of hydrogen-bond donors (Lipinski definition) is 1. The van der Waals surface area contributed by atoms with Gasteiger partial charge in [0, 0.05) is 19.3 Å². The summed E-state index contributed by atoms with van der Waals surface area (Å²) in [5.41, 5.74) is 0. The van der Waals surface area contributed by atoms with Crippen molar-refractivity contribution in [1.82, 2.24) is 0 Å². The molecule has 0 radical (unpaired) electrons. The standard InChI is InChI=1S/C54H93NO7/c1-6-8-10-12-14-16-18-20-22-24-25-26-27-28-29-31-32-34-36-38-40-42-44-52(56)61-49-50(48-60-47-46-51(54(58)59)55(3,4)5)62-53(57)45-43-41-39-37-35-33-30-23-21-19-17-15-13-11-9-7-2/h9,11,15,17,21,23,27-28,33,35,39,41,50-51H,6-8,10,12-14,16,18-20,22,24-26,29-32,34,36-38,40,42-49H2,1-5H3/p+1/b11-9+,17-15+,23-21+,28-27+,35-33+,41-39+. The monoisotopic (exact) mass is 869 g/mol. The summed E-state index contributed by atoms with van der Waals surface area (Å²) in [7, 11) is 5.50. The lowest BCUT2D eigenvalue weighted by atomic mass is 10.0. The van der Waals surface area contributed by atoms with Crippen molar-refractivity contribution in [1.29, 1.82) is 0 Å². The Hall–Kier alpha value is -3.23. The average molecular weight is 869 g/mol. The maximum Gasteiger partial charge on any atom is 0.362 e. The second-order valence-corrected chi connectivity index (χ2v) is 17.7. The van der Waals surface area contributed by atoms with Gasteiger partial charge in [0.15, 0.2) is 12.1 Å². The van der Waals surface area contributed by atoms with Crippen LogP contribution in [0.1, 0.15) is 200 Å². The number of quaternary nitrogens is 1. The quantitative estimate of drug-likeness (QED) is 0.0282. The molecule has 2 atom stereocenters. The van der Waals surface area contributed by atoms with Crippen LogP contribution < -0.4 is 0 Å². The number of likely N-dealkylation sites (N-methyl/N-ethyl adjacent to an activating group) is 1. The molecule has 0 heterocycles. The van der Waals surface area contributed by atoms with Gasteiger partial charge in [0.1, 0.15) is 6.61 Å².